The summed E-state index contributed by atoms with van der Waals surface area (Å²) in [7, 11) is 3.36. The van der Waals surface area contributed by atoms with Crippen LogP contribution in [0.2, 0.25) is 0 Å². The molecule has 0 unspecified atom stereocenters. The van der Waals surface area contributed by atoms with Gasteiger partial charge in [-0.1, -0.05) is 24.3 Å². The third-order valence-corrected chi connectivity index (χ3v) is 2.65. The number of hydrogen-bond acceptors (Lipinski definition) is 3. The van der Waals surface area contributed by atoms with Crippen molar-refractivity contribution in [3.8, 4) is 11.5 Å². The van der Waals surface area contributed by atoms with Gasteiger partial charge in [-0.3, -0.25) is 0 Å². The molecule has 0 fully saturated rings. The maximum absolute atomic E-state index is 5.84. The molecule has 0 aliphatic heterocycles. The van der Waals surface area contributed by atoms with Crippen LogP contribution in [0.3, 0.4) is 0 Å². The van der Waals surface area contributed by atoms with Crippen molar-refractivity contribution in [2.24, 2.45) is 0 Å². The fourth-order valence-corrected chi connectivity index (χ4v) is 1.87. The zero-order chi connectivity index (χ0) is 13.5. The fraction of sp³-hybridized carbons (Fsp3) is 0.250. The van der Waals surface area contributed by atoms with E-state index in [4.69, 9.17) is 14.2 Å². The summed E-state index contributed by atoms with van der Waals surface area (Å²) >= 11 is 0. The molecule has 0 N–H and O–H groups in total. The molecule has 0 aromatic heterocycles. The van der Waals surface area contributed by atoms with E-state index in [1.807, 2.05) is 48.5 Å². The first-order chi connectivity index (χ1) is 9.31. The molecule has 0 amide bonds. The molecular formula is C16H18O3. The van der Waals surface area contributed by atoms with Crippen LogP contribution in [0.5, 0.6) is 11.5 Å². The molecule has 2 aromatic carbocycles. The van der Waals surface area contributed by atoms with Crippen molar-refractivity contribution in [3.05, 3.63) is 59.7 Å². The molecule has 0 aliphatic carbocycles. The summed E-state index contributed by atoms with van der Waals surface area (Å²) in [5.74, 6) is 1.62. The van der Waals surface area contributed by atoms with E-state index in [0.29, 0.717) is 13.2 Å². The predicted molar refractivity (Wildman–Crippen MR) is 74.4 cm³/mol. The van der Waals surface area contributed by atoms with Crippen molar-refractivity contribution in [1.29, 1.82) is 0 Å². The molecule has 3 heteroatoms. The highest BCUT2D eigenvalue weighted by molar-refractivity contribution is 5.35. The quantitative estimate of drug-likeness (QED) is 0.789. The largest absolute Gasteiger partial charge is 0.457 e. The van der Waals surface area contributed by atoms with Gasteiger partial charge in [-0.25, -0.2) is 0 Å². The lowest BCUT2D eigenvalue weighted by Crippen LogP contribution is -1.91. The van der Waals surface area contributed by atoms with Crippen molar-refractivity contribution < 1.29 is 14.2 Å². The van der Waals surface area contributed by atoms with Gasteiger partial charge in [0.15, 0.2) is 0 Å². The van der Waals surface area contributed by atoms with Gasteiger partial charge < -0.3 is 14.2 Å². The van der Waals surface area contributed by atoms with Crippen molar-refractivity contribution in [3.63, 3.8) is 0 Å². The van der Waals surface area contributed by atoms with Gasteiger partial charge in [0.1, 0.15) is 11.5 Å². The summed E-state index contributed by atoms with van der Waals surface area (Å²) in [5, 5.41) is 0. The van der Waals surface area contributed by atoms with Crippen LogP contribution in [0.1, 0.15) is 11.1 Å². The van der Waals surface area contributed by atoms with Gasteiger partial charge in [0.05, 0.1) is 13.2 Å². The highest BCUT2D eigenvalue weighted by atomic mass is 16.5. The Kier molecular flexibility index (Phi) is 4.95. The second-order valence-corrected chi connectivity index (χ2v) is 4.26. The number of hydrogen-bond donors (Lipinski definition) is 0. The van der Waals surface area contributed by atoms with E-state index < -0.39 is 0 Å². The van der Waals surface area contributed by atoms with Crippen LogP contribution in [0, 0.1) is 0 Å². The second-order valence-electron chi connectivity index (χ2n) is 4.26. The van der Waals surface area contributed by atoms with E-state index in [2.05, 4.69) is 0 Å². The molecule has 0 radical (unpaired) electrons. The molecule has 0 heterocycles. The molecule has 3 nitrogen and oxygen atoms in total. The van der Waals surface area contributed by atoms with E-state index in [1.165, 1.54) is 0 Å². The van der Waals surface area contributed by atoms with Crippen molar-refractivity contribution in [1.82, 2.24) is 0 Å². The third kappa shape index (κ3) is 4.09. The first kappa shape index (κ1) is 13.6. The third-order valence-electron chi connectivity index (χ3n) is 2.65. The van der Waals surface area contributed by atoms with E-state index in [1.54, 1.807) is 14.2 Å². The molecule has 0 bridgehead atoms. The summed E-state index contributed by atoms with van der Waals surface area (Å²) in [6.07, 6.45) is 0. The standard InChI is InChI=1S/C16H18O3/c1-17-11-13-5-3-7-15(9-13)19-16-8-4-6-14(10-16)12-18-2/h3-10H,11-12H2,1-2H3. The van der Waals surface area contributed by atoms with Gasteiger partial charge in [0.2, 0.25) is 0 Å². The number of ether oxygens (including phenoxy) is 3. The lowest BCUT2D eigenvalue weighted by molar-refractivity contribution is 0.184. The normalized spacial score (nSPS) is 10.4. The van der Waals surface area contributed by atoms with Crippen LogP contribution in [0.4, 0.5) is 0 Å². The number of benzene rings is 2. The molecule has 0 atom stereocenters. The minimum Gasteiger partial charge on any atom is -0.457 e. The first-order valence-electron chi connectivity index (χ1n) is 6.15. The Hall–Kier alpha value is -1.84. The maximum atomic E-state index is 5.84. The summed E-state index contributed by atoms with van der Waals surface area (Å²) in [5.41, 5.74) is 2.18. The van der Waals surface area contributed by atoms with Gasteiger partial charge in [-0.05, 0) is 35.4 Å². The van der Waals surface area contributed by atoms with Gasteiger partial charge in [0, 0.05) is 14.2 Å². The molecule has 0 saturated carbocycles. The summed E-state index contributed by atoms with van der Waals surface area (Å²) in [4.78, 5) is 0. The zero-order valence-corrected chi connectivity index (χ0v) is 11.3. The smallest absolute Gasteiger partial charge is 0.127 e. The molecule has 100 valence electrons. The van der Waals surface area contributed by atoms with E-state index >= 15 is 0 Å². The van der Waals surface area contributed by atoms with Crippen LogP contribution < -0.4 is 4.74 Å². The van der Waals surface area contributed by atoms with Gasteiger partial charge >= 0.3 is 0 Å². The summed E-state index contributed by atoms with van der Waals surface area (Å²) in [6, 6.07) is 15.8. The summed E-state index contributed by atoms with van der Waals surface area (Å²) in [6.45, 7) is 1.17. The molecule has 2 rings (SSSR count). The minimum atomic E-state index is 0.584. The summed E-state index contributed by atoms with van der Waals surface area (Å²) < 4.78 is 16.1. The van der Waals surface area contributed by atoms with Gasteiger partial charge in [-0.15, -0.1) is 0 Å². The lowest BCUT2D eigenvalue weighted by atomic mass is 10.2. The van der Waals surface area contributed by atoms with Crippen LogP contribution in [-0.2, 0) is 22.7 Å². The van der Waals surface area contributed by atoms with Crippen LogP contribution in [0.15, 0.2) is 48.5 Å². The fourth-order valence-electron chi connectivity index (χ4n) is 1.87. The Labute approximate surface area is 113 Å². The molecule has 0 spiro atoms. The predicted octanol–water partition coefficient (Wildman–Crippen LogP) is 3.77. The lowest BCUT2D eigenvalue weighted by Gasteiger charge is -2.08. The molecular weight excluding hydrogens is 240 g/mol. The Morgan fingerprint density at radius 2 is 1.21 bits per heavy atom. The molecule has 19 heavy (non-hydrogen) atoms. The SMILES string of the molecule is COCc1cccc(Oc2cccc(COC)c2)c1. The second kappa shape index (κ2) is 6.92. The Bertz CT molecular complexity index is 475. The Morgan fingerprint density at radius 1 is 0.737 bits per heavy atom. The monoisotopic (exact) mass is 258 g/mol. The molecule has 0 saturated heterocycles. The average Bonchev–Trinajstić information content (AvgIpc) is 2.40. The van der Waals surface area contributed by atoms with Gasteiger partial charge in [-0.2, -0.15) is 0 Å². The minimum absolute atomic E-state index is 0.584. The van der Waals surface area contributed by atoms with E-state index in [-0.39, 0.29) is 0 Å². The Morgan fingerprint density at radius 3 is 1.63 bits per heavy atom. The number of rotatable bonds is 6. The van der Waals surface area contributed by atoms with Crippen LogP contribution in [0.25, 0.3) is 0 Å². The van der Waals surface area contributed by atoms with Crippen molar-refractivity contribution >= 4 is 0 Å². The highest BCUT2D eigenvalue weighted by Crippen LogP contribution is 2.23. The maximum Gasteiger partial charge on any atom is 0.127 e. The molecule has 0 aliphatic rings. The van der Waals surface area contributed by atoms with Gasteiger partial charge in [0.25, 0.3) is 0 Å². The van der Waals surface area contributed by atoms with Crippen LogP contribution in [-0.4, -0.2) is 14.2 Å². The van der Waals surface area contributed by atoms with Crippen molar-refractivity contribution in [2.45, 2.75) is 13.2 Å². The van der Waals surface area contributed by atoms with Crippen molar-refractivity contribution in [2.75, 3.05) is 14.2 Å². The zero-order valence-electron chi connectivity index (χ0n) is 11.3. The highest BCUT2D eigenvalue weighted by Gasteiger charge is 2.00. The average molecular weight is 258 g/mol. The van der Waals surface area contributed by atoms with E-state index in [9.17, 15) is 0 Å². The topological polar surface area (TPSA) is 27.7 Å². The molecule has 2 aromatic rings. The van der Waals surface area contributed by atoms with Crippen LogP contribution >= 0.6 is 0 Å². The van der Waals surface area contributed by atoms with E-state index in [0.717, 1.165) is 22.6 Å². The first-order valence-corrected chi connectivity index (χ1v) is 6.15. The Balaban J connectivity index is 2.11. The number of methoxy groups -OCH3 is 2.